The fraction of sp³-hybridized carbons (Fsp3) is 0.500. The van der Waals surface area contributed by atoms with Crippen molar-refractivity contribution in [2.75, 3.05) is 5.73 Å². The first-order chi connectivity index (χ1) is 6.29. The number of hydrogen-bond donors (Lipinski definition) is 1. The summed E-state index contributed by atoms with van der Waals surface area (Å²) in [4.78, 5) is 0. The van der Waals surface area contributed by atoms with E-state index in [9.17, 15) is 0 Å². The first kappa shape index (κ1) is 8.61. The Labute approximate surface area is 80.0 Å². The summed E-state index contributed by atoms with van der Waals surface area (Å²) in [6, 6.07) is 6.41. The second-order valence-electron chi connectivity index (χ2n) is 4.06. The Hall–Kier alpha value is -0.980. The average molecular weight is 175 g/mol. The van der Waals surface area contributed by atoms with Gasteiger partial charge in [0.25, 0.3) is 0 Å². The van der Waals surface area contributed by atoms with Gasteiger partial charge in [-0.3, -0.25) is 0 Å². The summed E-state index contributed by atoms with van der Waals surface area (Å²) in [5.74, 6) is 0.736. The second kappa shape index (κ2) is 3.41. The number of aryl methyl sites for hydroxylation is 1. The SMILES string of the molecule is Cc1cccc(C2CCCC2)c1N. The molecular weight excluding hydrogens is 158 g/mol. The van der Waals surface area contributed by atoms with Crippen LogP contribution in [0.15, 0.2) is 18.2 Å². The van der Waals surface area contributed by atoms with E-state index in [1.807, 2.05) is 0 Å². The molecule has 13 heavy (non-hydrogen) atoms. The van der Waals surface area contributed by atoms with Crippen LogP contribution in [0.25, 0.3) is 0 Å². The Morgan fingerprint density at radius 3 is 2.62 bits per heavy atom. The van der Waals surface area contributed by atoms with E-state index in [4.69, 9.17) is 5.73 Å². The van der Waals surface area contributed by atoms with Crippen molar-refractivity contribution >= 4 is 5.69 Å². The van der Waals surface area contributed by atoms with E-state index in [1.165, 1.54) is 36.8 Å². The molecule has 0 bridgehead atoms. The standard InChI is InChI=1S/C12H17N/c1-9-5-4-8-11(12(9)13)10-6-2-3-7-10/h4-5,8,10H,2-3,6-7,13H2,1H3. The van der Waals surface area contributed by atoms with Crippen molar-refractivity contribution in [3.8, 4) is 0 Å². The zero-order chi connectivity index (χ0) is 9.26. The summed E-state index contributed by atoms with van der Waals surface area (Å²) in [6.45, 7) is 2.09. The fourth-order valence-electron chi connectivity index (χ4n) is 2.30. The molecule has 2 rings (SSSR count). The predicted molar refractivity (Wildman–Crippen MR) is 56.8 cm³/mol. The first-order valence-corrected chi connectivity index (χ1v) is 5.14. The van der Waals surface area contributed by atoms with Crippen molar-refractivity contribution in [2.24, 2.45) is 0 Å². The van der Waals surface area contributed by atoms with Crippen LogP contribution in [-0.4, -0.2) is 0 Å². The highest BCUT2D eigenvalue weighted by atomic mass is 14.6. The highest BCUT2D eigenvalue weighted by Crippen LogP contribution is 2.37. The number of nitrogen functional groups attached to an aromatic ring is 1. The molecule has 0 aliphatic heterocycles. The van der Waals surface area contributed by atoms with Crippen molar-refractivity contribution in [1.29, 1.82) is 0 Å². The minimum Gasteiger partial charge on any atom is -0.398 e. The Morgan fingerprint density at radius 2 is 1.92 bits per heavy atom. The molecule has 1 aliphatic rings. The summed E-state index contributed by atoms with van der Waals surface area (Å²) < 4.78 is 0. The second-order valence-corrected chi connectivity index (χ2v) is 4.06. The summed E-state index contributed by atoms with van der Waals surface area (Å²) in [6.07, 6.45) is 5.40. The van der Waals surface area contributed by atoms with Crippen LogP contribution < -0.4 is 5.73 Å². The number of nitrogens with two attached hydrogens (primary N) is 1. The third kappa shape index (κ3) is 1.55. The van der Waals surface area contributed by atoms with Gasteiger partial charge in [0.05, 0.1) is 0 Å². The molecule has 0 unspecified atom stereocenters. The molecule has 0 heterocycles. The van der Waals surface area contributed by atoms with Gasteiger partial charge >= 0.3 is 0 Å². The Kier molecular flexibility index (Phi) is 2.26. The molecular formula is C12H17N. The van der Waals surface area contributed by atoms with Crippen molar-refractivity contribution < 1.29 is 0 Å². The fourth-order valence-corrected chi connectivity index (χ4v) is 2.30. The smallest absolute Gasteiger partial charge is 0.0379 e. The lowest BCUT2D eigenvalue weighted by molar-refractivity contribution is 0.725. The van der Waals surface area contributed by atoms with Gasteiger partial charge in [0, 0.05) is 5.69 Å². The third-order valence-electron chi connectivity index (χ3n) is 3.15. The minimum atomic E-state index is 0.736. The van der Waals surface area contributed by atoms with Gasteiger partial charge in [0.2, 0.25) is 0 Å². The monoisotopic (exact) mass is 175 g/mol. The molecule has 1 heteroatoms. The highest BCUT2D eigenvalue weighted by Gasteiger charge is 2.19. The van der Waals surface area contributed by atoms with Gasteiger partial charge in [-0.25, -0.2) is 0 Å². The summed E-state index contributed by atoms with van der Waals surface area (Å²) in [5, 5.41) is 0. The molecule has 1 aromatic carbocycles. The van der Waals surface area contributed by atoms with Crippen molar-refractivity contribution in [3.05, 3.63) is 29.3 Å². The summed E-state index contributed by atoms with van der Waals surface area (Å²) >= 11 is 0. The van der Waals surface area contributed by atoms with E-state index in [0.29, 0.717) is 0 Å². The maximum Gasteiger partial charge on any atom is 0.0379 e. The van der Waals surface area contributed by atoms with Crippen LogP contribution in [0.1, 0.15) is 42.7 Å². The molecule has 1 fully saturated rings. The van der Waals surface area contributed by atoms with Gasteiger partial charge in [-0.05, 0) is 36.8 Å². The van der Waals surface area contributed by atoms with Crippen LogP contribution >= 0.6 is 0 Å². The van der Waals surface area contributed by atoms with E-state index in [-0.39, 0.29) is 0 Å². The topological polar surface area (TPSA) is 26.0 Å². The van der Waals surface area contributed by atoms with Gasteiger partial charge in [0.15, 0.2) is 0 Å². The number of para-hydroxylation sites is 1. The van der Waals surface area contributed by atoms with Gasteiger partial charge in [-0.1, -0.05) is 31.0 Å². The third-order valence-corrected chi connectivity index (χ3v) is 3.15. The quantitative estimate of drug-likeness (QED) is 0.651. The largest absolute Gasteiger partial charge is 0.398 e. The minimum absolute atomic E-state index is 0.736. The molecule has 1 saturated carbocycles. The number of hydrogen-bond acceptors (Lipinski definition) is 1. The molecule has 1 aliphatic carbocycles. The Morgan fingerprint density at radius 1 is 1.23 bits per heavy atom. The molecule has 0 radical (unpaired) electrons. The number of benzene rings is 1. The van der Waals surface area contributed by atoms with E-state index in [1.54, 1.807) is 0 Å². The molecule has 0 atom stereocenters. The molecule has 0 saturated heterocycles. The van der Waals surface area contributed by atoms with Crippen LogP contribution in [0.3, 0.4) is 0 Å². The zero-order valence-corrected chi connectivity index (χ0v) is 8.22. The van der Waals surface area contributed by atoms with Crippen LogP contribution in [-0.2, 0) is 0 Å². The zero-order valence-electron chi connectivity index (χ0n) is 8.22. The van der Waals surface area contributed by atoms with Gasteiger partial charge in [-0.15, -0.1) is 0 Å². The first-order valence-electron chi connectivity index (χ1n) is 5.14. The molecule has 0 spiro atoms. The van der Waals surface area contributed by atoms with Crippen molar-refractivity contribution in [3.63, 3.8) is 0 Å². The Balaban J connectivity index is 2.33. The maximum atomic E-state index is 6.06. The van der Waals surface area contributed by atoms with Crippen LogP contribution in [0.4, 0.5) is 5.69 Å². The molecule has 70 valence electrons. The van der Waals surface area contributed by atoms with Gasteiger partial charge < -0.3 is 5.73 Å². The van der Waals surface area contributed by atoms with Crippen molar-refractivity contribution in [2.45, 2.75) is 38.5 Å². The molecule has 1 aromatic rings. The van der Waals surface area contributed by atoms with Gasteiger partial charge in [-0.2, -0.15) is 0 Å². The Bertz CT molecular complexity index is 298. The van der Waals surface area contributed by atoms with E-state index in [0.717, 1.165) is 11.6 Å². The lowest BCUT2D eigenvalue weighted by Crippen LogP contribution is -2.00. The maximum absolute atomic E-state index is 6.06. The lowest BCUT2D eigenvalue weighted by atomic mass is 9.94. The molecule has 2 N–H and O–H groups in total. The van der Waals surface area contributed by atoms with Crippen LogP contribution in [0.2, 0.25) is 0 Å². The molecule has 1 nitrogen and oxygen atoms in total. The summed E-state index contributed by atoms with van der Waals surface area (Å²) in [5.41, 5.74) is 9.70. The molecule has 0 amide bonds. The van der Waals surface area contributed by atoms with Crippen molar-refractivity contribution in [1.82, 2.24) is 0 Å². The highest BCUT2D eigenvalue weighted by molar-refractivity contribution is 5.54. The molecule has 0 aromatic heterocycles. The van der Waals surface area contributed by atoms with Gasteiger partial charge in [0.1, 0.15) is 0 Å². The predicted octanol–water partition coefficient (Wildman–Crippen LogP) is 3.23. The average Bonchev–Trinajstić information content (AvgIpc) is 2.62. The normalized spacial score (nSPS) is 17.9. The van der Waals surface area contributed by atoms with Crippen LogP contribution in [0, 0.1) is 6.92 Å². The number of rotatable bonds is 1. The number of anilines is 1. The van der Waals surface area contributed by atoms with E-state index < -0.39 is 0 Å². The van der Waals surface area contributed by atoms with E-state index >= 15 is 0 Å². The van der Waals surface area contributed by atoms with E-state index in [2.05, 4.69) is 25.1 Å². The van der Waals surface area contributed by atoms with Crippen LogP contribution in [0.5, 0.6) is 0 Å². The lowest BCUT2D eigenvalue weighted by Gasteiger charge is -2.13. The summed E-state index contributed by atoms with van der Waals surface area (Å²) in [7, 11) is 0.